The number of carbonyl (C=O) groups excluding carboxylic acids is 1. The topological polar surface area (TPSA) is 122 Å². The maximum Gasteiger partial charge on any atom is 0.337 e. The fourth-order valence-electron chi connectivity index (χ4n) is 4.28. The van der Waals surface area contributed by atoms with Crippen molar-refractivity contribution < 1.29 is 23.1 Å². The van der Waals surface area contributed by atoms with E-state index in [1.165, 1.54) is 19.2 Å². The van der Waals surface area contributed by atoms with Gasteiger partial charge in [-0.15, -0.1) is 0 Å². The molecule has 4 rings (SSSR count). The van der Waals surface area contributed by atoms with E-state index in [-0.39, 0.29) is 23.7 Å². The van der Waals surface area contributed by atoms with Crippen molar-refractivity contribution in [1.29, 1.82) is 0 Å². The van der Waals surface area contributed by atoms with E-state index < -0.39 is 21.6 Å². The fourth-order valence-corrected chi connectivity index (χ4v) is 5.45. The van der Waals surface area contributed by atoms with Gasteiger partial charge in [-0.1, -0.05) is 35.9 Å². The summed E-state index contributed by atoms with van der Waals surface area (Å²) in [4.78, 5) is 22.5. The third kappa shape index (κ3) is 5.16. The Balaban J connectivity index is 1.57. The van der Waals surface area contributed by atoms with Crippen molar-refractivity contribution in [3.63, 3.8) is 0 Å². The average Bonchev–Trinajstić information content (AvgIpc) is 2.85. The number of pyridine rings is 2. The van der Waals surface area contributed by atoms with Crippen molar-refractivity contribution in [2.24, 2.45) is 0 Å². The Morgan fingerprint density at radius 3 is 2.33 bits per heavy atom. The minimum atomic E-state index is -4.06. The SMILES string of the molecule is COC(=O)C1(O)CCN(c2cccc(S(=O)(=O)Nc3ccc(Cl)c(-c4c(C)cccc4C)n3)n2)CC1. The van der Waals surface area contributed by atoms with E-state index in [4.69, 9.17) is 11.6 Å². The molecule has 1 aromatic carbocycles. The van der Waals surface area contributed by atoms with Crippen LogP contribution >= 0.6 is 11.6 Å². The van der Waals surface area contributed by atoms with Gasteiger partial charge >= 0.3 is 5.97 Å². The number of rotatable bonds is 6. The monoisotopic (exact) mass is 530 g/mol. The van der Waals surface area contributed by atoms with Crippen LogP contribution in [0, 0.1) is 13.8 Å². The van der Waals surface area contributed by atoms with E-state index in [1.807, 2.05) is 36.9 Å². The standard InChI is InChI=1S/C25H27ClN4O5S/c1-16-6-4-7-17(2)22(16)23-18(26)10-11-19(27-23)29-36(33,34)21-9-5-8-20(28-21)30-14-12-25(32,13-15-30)24(31)35-3/h4-11,32H,12-15H2,1-3H3,(H,27,29). The van der Waals surface area contributed by atoms with Gasteiger partial charge in [0.1, 0.15) is 11.6 Å². The lowest BCUT2D eigenvalue weighted by Gasteiger charge is -2.36. The number of aryl methyl sites for hydroxylation is 2. The summed E-state index contributed by atoms with van der Waals surface area (Å²) in [7, 11) is -2.83. The van der Waals surface area contributed by atoms with Crippen LogP contribution < -0.4 is 9.62 Å². The number of halogens is 1. The zero-order valence-electron chi connectivity index (χ0n) is 20.2. The summed E-state index contributed by atoms with van der Waals surface area (Å²) in [6, 6.07) is 13.6. The molecule has 0 atom stereocenters. The first-order chi connectivity index (χ1) is 17.0. The number of sulfonamides is 1. The predicted octanol–water partition coefficient (Wildman–Crippen LogP) is 3.72. The molecule has 1 saturated heterocycles. The van der Waals surface area contributed by atoms with Crippen LogP contribution in [0.1, 0.15) is 24.0 Å². The molecule has 190 valence electrons. The Morgan fingerprint density at radius 1 is 1.06 bits per heavy atom. The molecule has 0 radical (unpaired) electrons. The lowest BCUT2D eigenvalue weighted by atomic mass is 9.91. The van der Waals surface area contributed by atoms with Gasteiger partial charge < -0.3 is 14.7 Å². The van der Waals surface area contributed by atoms with Gasteiger partial charge in [0.2, 0.25) is 0 Å². The second-order valence-electron chi connectivity index (χ2n) is 8.74. The summed E-state index contributed by atoms with van der Waals surface area (Å²) in [6.07, 6.45) is 0.290. The van der Waals surface area contributed by atoms with E-state index in [9.17, 15) is 18.3 Å². The number of methoxy groups -OCH3 is 1. The van der Waals surface area contributed by atoms with Crippen LogP contribution in [0.4, 0.5) is 11.6 Å². The fraction of sp³-hybridized carbons (Fsp3) is 0.320. The summed E-state index contributed by atoms with van der Waals surface area (Å²) >= 11 is 6.41. The molecule has 3 aromatic rings. The van der Waals surface area contributed by atoms with Crippen molar-refractivity contribution in [3.05, 3.63) is 64.7 Å². The number of nitrogens with zero attached hydrogens (tertiary/aromatic N) is 3. The van der Waals surface area contributed by atoms with Crippen LogP contribution in [0.2, 0.25) is 5.02 Å². The molecule has 0 aliphatic carbocycles. The average molecular weight is 531 g/mol. The van der Waals surface area contributed by atoms with Crippen molar-refractivity contribution in [2.75, 3.05) is 29.8 Å². The lowest BCUT2D eigenvalue weighted by molar-refractivity contribution is -0.164. The van der Waals surface area contributed by atoms with E-state index in [2.05, 4.69) is 19.4 Å². The van der Waals surface area contributed by atoms with Gasteiger partial charge in [-0.2, -0.15) is 8.42 Å². The van der Waals surface area contributed by atoms with Crippen LogP contribution in [-0.2, 0) is 19.6 Å². The summed E-state index contributed by atoms with van der Waals surface area (Å²) in [5.74, 6) is -0.137. The molecule has 0 bridgehead atoms. The number of anilines is 2. The van der Waals surface area contributed by atoms with Gasteiger partial charge in [-0.25, -0.2) is 14.8 Å². The first-order valence-corrected chi connectivity index (χ1v) is 13.2. The molecule has 1 aliphatic rings. The number of ether oxygens (including phenoxy) is 1. The van der Waals surface area contributed by atoms with Crippen LogP contribution in [0.25, 0.3) is 11.3 Å². The van der Waals surface area contributed by atoms with Crippen LogP contribution in [-0.4, -0.2) is 55.3 Å². The highest BCUT2D eigenvalue weighted by Crippen LogP contribution is 2.33. The zero-order valence-corrected chi connectivity index (χ0v) is 21.7. The Labute approximate surface area is 215 Å². The number of aromatic nitrogens is 2. The number of carbonyl (C=O) groups is 1. The van der Waals surface area contributed by atoms with E-state index in [0.717, 1.165) is 16.7 Å². The number of nitrogens with one attached hydrogen (secondary N) is 1. The van der Waals surface area contributed by atoms with Gasteiger partial charge in [0.25, 0.3) is 10.0 Å². The van der Waals surface area contributed by atoms with Crippen molar-refractivity contribution in [1.82, 2.24) is 9.97 Å². The van der Waals surface area contributed by atoms with E-state index >= 15 is 0 Å². The summed E-state index contributed by atoms with van der Waals surface area (Å²) < 4.78 is 33.5. The van der Waals surface area contributed by atoms with Gasteiger partial charge in [-0.3, -0.25) is 4.72 Å². The highest BCUT2D eigenvalue weighted by molar-refractivity contribution is 7.92. The molecular formula is C25H27ClN4O5S. The van der Waals surface area contributed by atoms with E-state index in [0.29, 0.717) is 29.6 Å². The molecule has 11 heteroatoms. The number of esters is 1. The second-order valence-corrected chi connectivity index (χ2v) is 10.8. The molecular weight excluding hydrogens is 504 g/mol. The largest absolute Gasteiger partial charge is 0.467 e. The number of aliphatic hydroxyl groups is 1. The molecule has 0 saturated carbocycles. The molecule has 0 spiro atoms. The highest BCUT2D eigenvalue weighted by Gasteiger charge is 2.40. The lowest BCUT2D eigenvalue weighted by Crippen LogP contribution is -2.50. The maximum absolute atomic E-state index is 13.2. The van der Waals surface area contributed by atoms with Crippen molar-refractivity contribution in [2.45, 2.75) is 37.3 Å². The molecule has 9 nitrogen and oxygen atoms in total. The van der Waals surface area contributed by atoms with Gasteiger partial charge in [0.15, 0.2) is 10.6 Å². The smallest absolute Gasteiger partial charge is 0.337 e. The van der Waals surface area contributed by atoms with Crippen LogP contribution in [0.3, 0.4) is 0 Å². The third-order valence-corrected chi connectivity index (χ3v) is 7.83. The van der Waals surface area contributed by atoms with Crippen LogP contribution in [0.15, 0.2) is 53.6 Å². The van der Waals surface area contributed by atoms with Gasteiger partial charge in [0.05, 0.1) is 17.8 Å². The van der Waals surface area contributed by atoms with Crippen molar-refractivity contribution >= 4 is 39.2 Å². The molecule has 2 aromatic heterocycles. The molecule has 0 unspecified atom stereocenters. The normalized spacial score (nSPS) is 15.4. The Hall–Kier alpha value is -3.21. The number of benzene rings is 1. The van der Waals surface area contributed by atoms with Gasteiger partial charge in [0, 0.05) is 31.5 Å². The number of hydrogen-bond donors (Lipinski definition) is 2. The molecule has 1 aliphatic heterocycles. The van der Waals surface area contributed by atoms with E-state index in [1.54, 1.807) is 18.2 Å². The summed E-state index contributed by atoms with van der Waals surface area (Å²) in [5, 5.41) is 10.7. The molecule has 2 N–H and O–H groups in total. The zero-order chi connectivity index (χ0) is 26.1. The third-order valence-electron chi connectivity index (χ3n) is 6.27. The minimum absolute atomic E-state index is 0.116. The second kappa shape index (κ2) is 10.0. The minimum Gasteiger partial charge on any atom is -0.467 e. The molecule has 3 heterocycles. The maximum atomic E-state index is 13.2. The van der Waals surface area contributed by atoms with Crippen molar-refractivity contribution in [3.8, 4) is 11.3 Å². The van der Waals surface area contributed by atoms with Gasteiger partial charge in [-0.05, 0) is 49.2 Å². The quantitative estimate of drug-likeness (QED) is 0.462. The number of piperidine rings is 1. The predicted molar refractivity (Wildman–Crippen MR) is 138 cm³/mol. The first kappa shape index (κ1) is 25.9. The summed E-state index contributed by atoms with van der Waals surface area (Å²) in [5.41, 5.74) is 1.73. The summed E-state index contributed by atoms with van der Waals surface area (Å²) in [6.45, 7) is 4.51. The Kier molecular flexibility index (Phi) is 7.21. The van der Waals surface area contributed by atoms with Crippen LogP contribution in [0.5, 0.6) is 0 Å². The first-order valence-electron chi connectivity index (χ1n) is 11.3. The molecule has 0 amide bonds. The Bertz CT molecular complexity index is 1390. The Morgan fingerprint density at radius 2 is 1.69 bits per heavy atom. The number of hydrogen-bond acceptors (Lipinski definition) is 8. The molecule has 36 heavy (non-hydrogen) atoms. The highest BCUT2D eigenvalue weighted by atomic mass is 35.5. The molecule has 1 fully saturated rings.